The third kappa shape index (κ3) is 5.97. The number of allylic oxidation sites excluding steroid dienone is 1. The summed E-state index contributed by atoms with van der Waals surface area (Å²) in [5, 5.41) is 8.84. The fraction of sp³-hybridized carbons (Fsp3) is 0.607. The summed E-state index contributed by atoms with van der Waals surface area (Å²) in [6, 6.07) is 7.43. The first-order chi connectivity index (χ1) is 16.8. The Bertz CT molecular complexity index is 929. The highest BCUT2D eigenvalue weighted by Gasteiger charge is 2.72. The Morgan fingerprint density at radius 2 is 2.00 bits per heavy atom. The summed E-state index contributed by atoms with van der Waals surface area (Å²) in [6.07, 6.45) is 7.83. The van der Waals surface area contributed by atoms with Crippen molar-refractivity contribution < 1.29 is 33.6 Å². The minimum absolute atomic E-state index is 0.00414. The van der Waals surface area contributed by atoms with Crippen LogP contribution in [0.1, 0.15) is 52.0 Å². The fourth-order valence-corrected chi connectivity index (χ4v) is 5.35. The van der Waals surface area contributed by atoms with Gasteiger partial charge < -0.3 is 28.8 Å². The Hall–Kier alpha value is -2.19. The first-order valence-electron chi connectivity index (χ1n) is 12.5. The average Bonchev–Trinajstić information content (AvgIpc) is 3.75. The Morgan fingerprint density at radius 3 is 2.63 bits per heavy atom. The number of aliphatic hydroxyl groups excluding tert-OH is 1. The number of hydrogen-bond acceptors (Lipinski definition) is 7. The van der Waals surface area contributed by atoms with Crippen LogP contribution in [0.25, 0.3) is 6.08 Å². The van der Waals surface area contributed by atoms with E-state index in [4.69, 9.17) is 28.8 Å². The van der Waals surface area contributed by atoms with E-state index in [1.54, 1.807) is 13.2 Å². The van der Waals surface area contributed by atoms with E-state index in [1.165, 1.54) is 11.6 Å². The molecule has 1 aromatic rings. The molecule has 0 radical (unpaired) electrons. The second-order valence-electron chi connectivity index (χ2n) is 10.2. The minimum atomic E-state index is -0.394. The van der Waals surface area contributed by atoms with Crippen LogP contribution in [0.5, 0.6) is 5.75 Å². The lowest BCUT2D eigenvalue weighted by Gasteiger charge is -2.42. The maximum atomic E-state index is 12.7. The second kappa shape index (κ2) is 10.8. The SMILES string of the molecule is CO[C@@H]1[C@H](OC(=O)/C=C/c2ccc(OCCCO)cc2)CC[C@]2(CO2)[C@H]1[C@@]1(C)O[C@@H]1CC=C(C)C. The van der Waals surface area contributed by atoms with Crippen molar-refractivity contribution >= 4 is 12.0 Å². The van der Waals surface area contributed by atoms with Crippen LogP contribution in [0.2, 0.25) is 0 Å². The number of ether oxygens (including phenoxy) is 5. The van der Waals surface area contributed by atoms with Gasteiger partial charge in [-0.05, 0) is 63.8 Å². The number of carbonyl (C=O) groups is 1. The highest BCUT2D eigenvalue weighted by atomic mass is 16.6. The van der Waals surface area contributed by atoms with Crippen LogP contribution in [-0.4, -0.2) is 67.5 Å². The number of epoxide rings is 2. The number of carbonyl (C=O) groups excluding carboxylic acids is 1. The van der Waals surface area contributed by atoms with Crippen LogP contribution in [0.4, 0.5) is 0 Å². The molecule has 1 aliphatic carbocycles. The molecule has 0 amide bonds. The van der Waals surface area contributed by atoms with Crippen molar-refractivity contribution in [2.75, 3.05) is 26.9 Å². The van der Waals surface area contributed by atoms with Gasteiger partial charge in [-0.1, -0.05) is 23.8 Å². The molecule has 1 N–H and O–H groups in total. The van der Waals surface area contributed by atoms with E-state index >= 15 is 0 Å². The largest absolute Gasteiger partial charge is 0.494 e. The van der Waals surface area contributed by atoms with Gasteiger partial charge >= 0.3 is 5.97 Å². The van der Waals surface area contributed by atoms with E-state index in [1.807, 2.05) is 24.3 Å². The number of aliphatic hydroxyl groups is 1. The van der Waals surface area contributed by atoms with Crippen LogP contribution < -0.4 is 4.74 Å². The lowest BCUT2D eigenvalue weighted by atomic mass is 9.68. The summed E-state index contributed by atoms with van der Waals surface area (Å²) in [5.41, 5.74) is 1.54. The summed E-state index contributed by atoms with van der Waals surface area (Å²) >= 11 is 0. The Labute approximate surface area is 208 Å². The molecule has 2 aliphatic heterocycles. The Kier molecular flexibility index (Phi) is 8.01. The lowest BCUT2D eigenvalue weighted by molar-refractivity contribution is -0.166. The van der Waals surface area contributed by atoms with Crippen LogP contribution in [0.15, 0.2) is 42.0 Å². The molecule has 1 aromatic carbocycles. The fourth-order valence-electron chi connectivity index (χ4n) is 5.35. The lowest BCUT2D eigenvalue weighted by Crippen LogP contribution is -2.55. The number of esters is 1. The molecule has 6 atom stereocenters. The summed E-state index contributed by atoms with van der Waals surface area (Å²) in [4.78, 5) is 12.7. The third-order valence-electron chi connectivity index (χ3n) is 7.37. The molecule has 7 heteroatoms. The topological polar surface area (TPSA) is 90.1 Å². The van der Waals surface area contributed by atoms with Crippen molar-refractivity contribution in [3.8, 4) is 5.75 Å². The predicted octanol–water partition coefficient (Wildman–Crippen LogP) is 4.08. The first kappa shape index (κ1) is 25.9. The van der Waals surface area contributed by atoms with Gasteiger partial charge in [0.15, 0.2) is 0 Å². The average molecular weight is 487 g/mol. The van der Waals surface area contributed by atoms with E-state index in [0.717, 1.165) is 24.2 Å². The summed E-state index contributed by atoms with van der Waals surface area (Å²) in [7, 11) is 1.68. The predicted molar refractivity (Wildman–Crippen MR) is 132 cm³/mol. The van der Waals surface area contributed by atoms with E-state index < -0.39 is 5.97 Å². The quantitative estimate of drug-likeness (QED) is 0.166. The molecule has 3 aliphatic rings. The van der Waals surface area contributed by atoms with Gasteiger partial charge in [-0.25, -0.2) is 4.79 Å². The standard InChI is InChI=1S/C28H38O7/c1-19(2)6-12-23-27(3,35-23)26-25(31-4)22(14-15-28(26)18-33-28)34-24(30)13-9-20-7-10-21(11-8-20)32-17-5-16-29/h6-11,13,22-23,25-26,29H,5,12,14-18H2,1-4H3/b13-9+/t22-,23-,25-,26-,27+,28+/m1/s1. The van der Waals surface area contributed by atoms with E-state index in [-0.39, 0.29) is 42.0 Å². The molecular formula is C28H38O7. The highest BCUT2D eigenvalue weighted by molar-refractivity contribution is 5.87. The third-order valence-corrected chi connectivity index (χ3v) is 7.37. The van der Waals surface area contributed by atoms with Gasteiger partial charge in [0.05, 0.1) is 25.2 Å². The molecular weight excluding hydrogens is 448 g/mol. The zero-order valence-electron chi connectivity index (χ0n) is 21.2. The van der Waals surface area contributed by atoms with Crippen molar-refractivity contribution in [1.29, 1.82) is 0 Å². The Balaban J connectivity index is 1.37. The van der Waals surface area contributed by atoms with Crippen LogP contribution in [-0.2, 0) is 23.7 Å². The zero-order valence-corrected chi connectivity index (χ0v) is 21.2. The molecule has 2 heterocycles. The molecule has 7 nitrogen and oxygen atoms in total. The van der Waals surface area contributed by atoms with Crippen LogP contribution in [0.3, 0.4) is 0 Å². The highest BCUT2D eigenvalue weighted by Crippen LogP contribution is 2.59. The van der Waals surface area contributed by atoms with Crippen molar-refractivity contribution in [2.45, 2.75) is 76.0 Å². The van der Waals surface area contributed by atoms with Gasteiger partial charge in [-0.2, -0.15) is 0 Å². The number of rotatable bonds is 11. The van der Waals surface area contributed by atoms with Crippen LogP contribution >= 0.6 is 0 Å². The van der Waals surface area contributed by atoms with Crippen molar-refractivity contribution in [2.24, 2.45) is 5.92 Å². The molecule has 1 saturated carbocycles. The zero-order chi connectivity index (χ0) is 25.1. The molecule has 0 aromatic heterocycles. The molecule has 192 valence electrons. The van der Waals surface area contributed by atoms with Gasteiger partial charge in [0.25, 0.3) is 0 Å². The van der Waals surface area contributed by atoms with Gasteiger partial charge in [0.2, 0.25) is 0 Å². The van der Waals surface area contributed by atoms with E-state index in [9.17, 15) is 4.79 Å². The van der Waals surface area contributed by atoms with Gasteiger partial charge in [-0.3, -0.25) is 0 Å². The van der Waals surface area contributed by atoms with Crippen molar-refractivity contribution in [3.05, 3.63) is 47.6 Å². The summed E-state index contributed by atoms with van der Waals surface area (Å²) < 4.78 is 29.6. The monoisotopic (exact) mass is 486 g/mol. The van der Waals surface area contributed by atoms with Gasteiger partial charge in [-0.15, -0.1) is 0 Å². The summed E-state index contributed by atoms with van der Waals surface area (Å²) in [5.74, 6) is 0.337. The molecule has 0 bridgehead atoms. The van der Waals surface area contributed by atoms with Gasteiger partial charge in [0, 0.05) is 26.2 Å². The molecule has 35 heavy (non-hydrogen) atoms. The molecule has 0 unspecified atom stereocenters. The van der Waals surface area contributed by atoms with Crippen molar-refractivity contribution in [3.63, 3.8) is 0 Å². The number of methoxy groups -OCH3 is 1. The smallest absolute Gasteiger partial charge is 0.331 e. The molecule has 2 saturated heterocycles. The Morgan fingerprint density at radius 1 is 1.26 bits per heavy atom. The molecule has 4 rings (SSSR count). The van der Waals surface area contributed by atoms with Gasteiger partial charge in [0.1, 0.15) is 29.2 Å². The van der Waals surface area contributed by atoms with E-state index in [2.05, 4.69) is 26.8 Å². The number of benzene rings is 1. The normalized spacial score (nSPS) is 33.5. The maximum absolute atomic E-state index is 12.7. The van der Waals surface area contributed by atoms with Crippen molar-refractivity contribution in [1.82, 2.24) is 0 Å². The molecule has 1 spiro atoms. The van der Waals surface area contributed by atoms with Crippen LogP contribution in [0, 0.1) is 5.92 Å². The number of hydrogen-bond donors (Lipinski definition) is 1. The summed E-state index contributed by atoms with van der Waals surface area (Å²) in [6.45, 7) is 7.59. The maximum Gasteiger partial charge on any atom is 0.331 e. The molecule has 3 fully saturated rings. The van der Waals surface area contributed by atoms with E-state index in [0.29, 0.717) is 26.1 Å². The first-order valence-corrected chi connectivity index (χ1v) is 12.5. The minimum Gasteiger partial charge on any atom is -0.494 e. The second-order valence-corrected chi connectivity index (χ2v) is 10.2.